The molecule has 0 saturated carbocycles. The highest BCUT2D eigenvalue weighted by Crippen LogP contribution is 2.24. The summed E-state index contributed by atoms with van der Waals surface area (Å²) < 4.78 is 18.9. The lowest BCUT2D eigenvalue weighted by atomic mass is 10.2. The van der Waals surface area contributed by atoms with Gasteiger partial charge < -0.3 is 10.1 Å². The van der Waals surface area contributed by atoms with Crippen molar-refractivity contribution in [3.05, 3.63) is 58.3 Å². The van der Waals surface area contributed by atoms with Crippen LogP contribution >= 0.6 is 15.9 Å². The zero-order valence-electron chi connectivity index (χ0n) is 10.1. The van der Waals surface area contributed by atoms with Crippen LogP contribution in [0.25, 0.3) is 0 Å². The highest BCUT2D eigenvalue weighted by Gasteiger charge is 2.13. The van der Waals surface area contributed by atoms with Crippen LogP contribution in [-0.4, -0.2) is 13.0 Å². The van der Waals surface area contributed by atoms with Crippen molar-refractivity contribution in [2.45, 2.75) is 0 Å². The number of rotatable bonds is 3. The van der Waals surface area contributed by atoms with Crippen molar-refractivity contribution in [2.24, 2.45) is 0 Å². The van der Waals surface area contributed by atoms with Gasteiger partial charge in [-0.05, 0) is 36.4 Å². The molecule has 1 N–H and O–H groups in total. The lowest BCUT2D eigenvalue weighted by Gasteiger charge is -2.09. The average Bonchev–Trinajstić information content (AvgIpc) is 2.38. The minimum atomic E-state index is -0.404. The summed E-state index contributed by atoms with van der Waals surface area (Å²) in [5.41, 5.74) is 0.771. The number of carbonyl (C=O) groups excluding carboxylic acids is 1. The molecule has 0 aliphatic rings. The van der Waals surface area contributed by atoms with Gasteiger partial charge in [0.05, 0.1) is 12.7 Å². The van der Waals surface area contributed by atoms with E-state index in [4.69, 9.17) is 4.74 Å². The Labute approximate surface area is 118 Å². The molecule has 0 unspecified atom stereocenters. The molecular weight excluding hydrogens is 313 g/mol. The van der Waals surface area contributed by atoms with Gasteiger partial charge in [0, 0.05) is 10.2 Å². The second-order valence-electron chi connectivity index (χ2n) is 3.81. The molecule has 0 saturated heterocycles. The summed E-state index contributed by atoms with van der Waals surface area (Å²) in [5.74, 6) is -0.306. The Morgan fingerprint density at radius 1 is 1.26 bits per heavy atom. The molecule has 98 valence electrons. The zero-order valence-corrected chi connectivity index (χ0v) is 11.7. The van der Waals surface area contributed by atoms with Gasteiger partial charge in [-0.25, -0.2) is 4.39 Å². The van der Waals surface area contributed by atoms with Gasteiger partial charge in [-0.15, -0.1) is 0 Å². The second-order valence-corrected chi connectivity index (χ2v) is 4.72. The summed E-state index contributed by atoms with van der Waals surface area (Å²) in [7, 11) is 1.49. The maximum Gasteiger partial charge on any atom is 0.259 e. The molecule has 0 heterocycles. The molecule has 0 fully saturated rings. The van der Waals surface area contributed by atoms with E-state index in [9.17, 15) is 9.18 Å². The summed E-state index contributed by atoms with van der Waals surface area (Å²) in [4.78, 5) is 12.1. The molecule has 2 rings (SSSR count). The highest BCUT2D eigenvalue weighted by atomic mass is 79.9. The van der Waals surface area contributed by atoms with E-state index in [-0.39, 0.29) is 5.91 Å². The number of amides is 1. The van der Waals surface area contributed by atoms with Gasteiger partial charge in [-0.1, -0.05) is 22.0 Å². The fraction of sp³-hybridized carbons (Fsp3) is 0.0714. The van der Waals surface area contributed by atoms with Gasteiger partial charge in [0.2, 0.25) is 0 Å². The standard InChI is InChI=1S/C14H11BrFNO2/c1-19-13-6-5-9(15)7-12(13)14(18)17-11-4-2-3-10(16)8-11/h2-8H,1H3,(H,17,18). The minimum Gasteiger partial charge on any atom is -0.496 e. The SMILES string of the molecule is COc1ccc(Br)cc1C(=O)Nc1cccc(F)c1. The van der Waals surface area contributed by atoms with Gasteiger partial charge in [-0.3, -0.25) is 4.79 Å². The van der Waals surface area contributed by atoms with Crippen LogP contribution in [0.2, 0.25) is 0 Å². The Balaban J connectivity index is 2.27. The number of hydrogen-bond donors (Lipinski definition) is 1. The molecule has 0 aromatic heterocycles. The van der Waals surface area contributed by atoms with E-state index >= 15 is 0 Å². The molecule has 2 aromatic carbocycles. The van der Waals surface area contributed by atoms with E-state index < -0.39 is 5.82 Å². The number of carbonyl (C=O) groups is 1. The lowest BCUT2D eigenvalue weighted by Crippen LogP contribution is -2.13. The fourth-order valence-corrected chi connectivity index (χ4v) is 1.98. The lowest BCUT2D eigenvalue weighted by molar-refractivity contribution is 0.102. The molecule has 0 aliphatic heterocycles. The molecule has 5 heteroatoms. The quantitative estimate of drug-likeness (QED) is 0.931. The van der Waals surface area contributed by atoms with E-state index in [1.807, 2.05) is 0 Å². The summed E-state index contributed by atoms with van der Waals surface area (Å²) in [6, 6.07) is 10.8. The minimum absolute atomic E-state index is 0.358. The molecule has 0 atom stereocenters. The first-order chi connectivity index (χ1) is 9.10. The third-order valence-electron chi connectivity index (χ3n) is 2.49. The average molecular weight is 324 g/mol. The van der Waals surface area contributed by atoms with E-state index in [0.717, 1.165) is 4.47 Å². The van der Waals surface area contributed by atoms with Crippen molar-refractivity contribution in [1.82, 2.24) is 0 Å². The van der Waals surface area contributed by atoms with Crippen molar-refractivity contribution < 1.29 is 13.9 Å². The van der Waals surface area contributed by atoms with Crippen LogP contribution in [0.5, 0.6) is 5.75 Å². The Morgan fingerprint density at radius 3 is 2.74 bits per heavy atom. The largest absolute Gasteiger partial charge is 0.496 e. The molecule has 19 heavy (non-hydrogen) atoms. The van der Waals surface area contributed by atoms with Crippen molar-refractivity contribution in [3.63, 3.8) is 0 Å². The first kappa shape index (κ1) is 13.5. The van der Waals surface area contributed by atoms with Gasteiger partial charge in [-0.2, -0.15) is 0 Å². The molecule has 0 aliphatic carbocycles. The van der Waals surface area contributed by atoms with Crippen molar-refractivity contribution in [1.29, 1.82) is 0 Å². The van der Waals surface area contributed by atoms with Crippen LogP contribution < -0.4 is 10.1 Å². The van der Waals surface area contributed by atoms with E-state index in [2.05, 4.69) is 21.2 Å². The van der Waals surface area contributed by atoms with Crippen LogP contribution in [0.3, 0.4) is 0 Å². The van der Waals surface area contributed by atoms with Crippen LogP contribution in [0.1, 0.15) is 10.4 Å². The molecule has 0 bridgehead atoms. The number of methoxy groups -OCH3 is 1. The predicted molar refractivity (Wildman–Crippen MR) is 75.0 cm³/mol. The maximum atomic E-state index is 13.0. The number of hydrogen-bond acceptors (Lipinski definition) is 2. The van der Waals surface area contributed by atoms with E-state index in [1.165, 1.54) is 25.3 Å². The molecule has 0 radical (unpaired) electrons. The van der Waals surface area contributed by atoms with Crippen LogP contribution in [0, 0.1) is 5.82 Å². The Morgan fingerprint density at radius 2 is 2.05 bits per heavy atom. The summed E-state index contributed by atoms with van der Waals surface area (Å²) in [6.45, 7) is 0. The molecule has 2 aromatic rings. The first-order valence-corrected chi connectivity index (χ1v) is 6.30. The Bertz CT molecular complexity index is 616. The topological polar surface area (TPSA) is 38.3 Å². The Kier molecular flexibility index (Phi) is 4.16. The molecular formula is C14H11BrFNO2. The predicted octanol–water partition coefficient (Wildman–Crippen LogP) is 3.85. The van der Waals surface area contributed by atoms with Crippen LogP contribution in [0.15, 0.2) is 46.9 Å². The molecule has 1 amide bonds. The number of halogens is 2. The normalized spacial score (nSPS) is 10.1. The highest BCUT2D eigenvalue weighted by molar-refractivity contribution is 9.10. The summed E-state index contributed by atoms with van der Waals surface area (Å²) in [5, 5.41) is 2.62. The van der Waals surface area contributed by atoms with Crippen LogP contribution in [0.4, 0.5) is 10.1 Å². The van der Waals surface area contributed by atoms with E-state index in [0.29, 0.717) is 17.0 Å². The number of benzene rings is 2. The second kappa shape index (κ2) is 5.84. The molecule has 0 spiro atoms. The smallest absolute Gasteiger partial charge is 0.259 e. The van der Waals surface area contributed by atoms with Crippen LogP contribution in [-0.2, 0) is 0 Å². The van der Waals surface area contributed by atoms with E-state index in [1.54, 1.807) is 24.3 Å². The Hall–Kier alpha value is -1.88. The van der Waals surface area contributed by atoms with Crippen molar-refractivity contribution in [2.75, 3.05) is 12.4 Å². The van der Waals surface area contributed by atoms with Crippen molar-refractivity contribution in [3.8, 4) is 5.75 Å². The number of nitrogens with one attached hydrogen (secondary N) is 1. The maximum absolute atomic E-state index is 13.0. The van der Waals surface area contributed by atoms with Gasteiger partial charge in [0.15, 0.2) is 0 Å². The number of ether oxygens (including phenoxy) is 1. The molecule has 3 nitrogen and oxygen atoms in total. The van der Waals surface area contributed by atoms with Crippen molar-refractivity contribution >= 4 is 27.5 Å². The van der Waals surface area contributed by atoms with Gasteiger partial charge in [0.1, 0.15) is 11.6 Å². The monoisotopic (exact) mass is 323 g/mol. The fourth-order valence-electron chi connectivity index (χ4n) is 1.62. The third-order valence-corrected chi connectivity index (χ3v) is 2.98. The van der Waals surface area contributed by atoms with Gasteiger partial charge >= 0.3 is 0 Å². The summed E-state index contributed by atoms with van der Waals surface area (Å²) >= 11 is 3.30. The third kappa shape index (κ3) is 3.32. The first-order valence-electron chi connectivity index (χ1n) is 5.50. The summed E-state index contributed by atoms with van der Waals surface area (Å²) in [6.07, 6.45) is 0. The number of anilines is 1. The van der Waals surface area contributed by atoms with Gasteiger partial charge in [0.25, 0.3) is 5.91 Å². The zero-order chi connectivity index (χ0) is 13.8.